The monoisotopic (exact) mass is 316 g/mol. The molecule has 1 amide bonds. The van der Waals surface area contributed by atoms with Crippen LogP contribution in [0.3, 0.4) is 0 Å². The van der Waals surface area contributed by atoms with Crippen molar-refractivity contribution in [2.24, 2.45) is 0 Å². The van der Waals surface area contributed by atoms with Crippen molar-refractivity contribution in [1.29, 1.82) is 0 Å². The highest BCUT2D eigenvalue weighted by atomic mass is 79.9. The number of likely N-dealkylation sites (N-methyl/N-ethyl adjacent to an activating group) is 1. The second-order valence-corrected chi connectivity index (χ2v) is 4.48. The largest absolute Gasteiger partial charge is 0.480 e. The summed E-state index contributed by atoms with van der Waals surface area (Å²) in [6.07, 6.45) is 2.52. The summed E-state index contributed by atoms with van der Waals surface area (Å²) in [4.78, 5) is 21.7. The van der Waals surface area contributed by atoms with Crippen LogP contribution in [0.15, 0.2) is 10.7 Å². The SMILES string of the molecule is CCCN(CC(=O)NC)c1ncc(Br)c(OC)n1. The Morgan fingerprint density at radius 1 is 1.61 bits per heavy atom. The molecule has 18 heavy (non-hydrogen) atoms. The highest BCUT2D eigenvalue weighted by Crippen LogP contribution is 2.23. The molecule has 0 aliphatic carbocycles. The molecular weight excluding hydrogens is 300 g/mol. The van der Waals surface area contributed by atoms with Crippen LogP contribution in [0.1, 0.15) is 13.3 Å². The minimum Gasteiger partial charge on any atom is -0.480 e. The first kappa shape index (κ1) is 14.7. The third-order valence-electron chi connectivity index (χ3n) is 2.28. The second kappa shape index (κ2) is 7.15. The Balaban J connectivity index is 2.94. The fraction of sp³-hybridized carbons (Fsp3) is 0.545. The molecule has 100 valence electrons. The van der Waals surface area contributed by atoms with Crippen molar-refractivity contribution in [3.05, 3.63) is 10.7 Å². The fourth-order valence-corrected chi connectivity index (χ4v) is 1.76. The summed E-state index contributed by atoms with van der Waals surface area (Å²) in [5, 5.41) is 2.59. The van der Waals surface area contributed by atoms with Crippen LogP contribution in [0.5, 0.6) is 5.88 Å². The molecule has 1 aromatic rings. The number of carbonyl (C=O) groups excluding carboxylic acids is 1. The molecule has 0 saturated carbocycles. The van der Waals surface area contributed by atoms with E-state index in [1.54, 1.807) is 20.4 Å². The van der Waals surface area contributed by atoms with Crippen molar-refractivity contribution in [2.45, 2.75) is 13.3 Å². The maximum absolute atomic E-state index is 11.4. The average molecular weight is 317 g/mol. The molecule has 1 heterocycles. The normalized spacial score (nSPS) is 10.0. The van der Waals surface area contributed by atoms with Gasteiger partial charge < -0.3 is 15.0 Å². The number of carbonyl (C=O) groups is 1. The molecule has 0 radical (unpaired) electrons. The van der Waals surface area contributed by atoms with Crippen LogP contribution in [0.2, 0.25) is 0 Å². The summed E-state index contributed by atoms with van der Waals surface area (Å²) in [6, 6.07) is 0. The van der Waals surface area contributed by atoms with E-state index in [9.17, 15) is 4.79 Å². The summed E-state index contributed by atoms with van der Waals surface area (Å²) < 4.78 is 5.81. The Morgan fingerprint density at radius 2 is 2.33 bits per heavy atom. The van der Waals surface area contributed by atoms with Gasteiger partial charge in [0.15, 0.2) is 0 Å². The summed E-state index contributed by atoms with van der Waals surface area (Å²) in [5.74, 6) is 0.868. The summed E-state index contributed by atoms with van der Waals surface area (Å²) in [5.41, 5.74) is 0. The van der Waals surface area contributed by atoms with Gasteiger partial charge in [0.25, 0.3) is 0 Å². The zero-order chi connectivity index (χ0) is 13.5. The molecule has 0 aromatic carbocycles. The van der Waals surface area contributed by atoms with Gasteiger partial charge in [-0.15, -0.1) is 0 Å². The van der Waals surface area contributed by atoms with E-state index in [1.807, 2.05) is 11.8 Å². The van der Waals surface area contributed by atoms with E-state index in [0.29, 0.717) is 22.8 Å². The first-order valence-electron chi connectivity index (χ1n) is 5.64. The predicted molar refractivity (Wildman–Crippen MR) is 72.9 cm³/mol. The van der Waals surface area contributed by atoms with Gasteiger partial charge in [0.1, 0.15) is 0 Å². The molecule has 1 N–H and O–H groups in total. The number of hydrogen-bond donors (Lipinski definition) is 1. The van der Waals surface area contributed by atoms with Crippen molar-refractivity contribution in [3.63, 3.8) is 0 Å². The number of hydrogen-bond acceptors (Lipinski definition) is 5. The number of rotatable bonds is 6. The van der Waals surface area contributed by atoms with Crippen molar-refractivity contribution in [2.75, 3.05) is 32.1 Å². The number of ether oxygens (including phenoxy) is 1. The van der Waals surface area contributed by atoms with E-state index >= 15 is 0 Å². The zero-order valence-corrected chi connectivity index (χ0v) is 12.3. The Hall–Kier alpha value is -1.37. The number of methoxy groups -OCH3 is 1. The predicted octanol–water partition coefficient (Wildman–Crippen LogP) is 1.21. The lowest BCUT2D eigenvalue weighted by atomic mass is 10.4. The summed E-state index contributed by atoms with van der Waals surface area (Å²) >= 11 is 3.30. The van der Waals surface area contributed by atoms with E-state index in [1.165, 1.54) is 0 Å². The highest BCUT2D eigenvalue weighted by molar-refractivity contribution is 9.10. The highest BCUT2D eigenvalue weighted by Gasteiger charge is 2.14. The van der Waals surface area contributed by atoms with Gasteiger partial charge in [-0.1, -0.05) is 6.92 Å². The second-order valence-electron chi connectivity index (χ2n) is 3.62. The molecule has 1 rings (SSSR count). The molecule has 0 atom stereocenters. The Kier molecular flexibility index (Phi) is 5.84. The van der Waals surface area contributed by atoms with E-state index in [0.717, 1.165) is 6.42 Å². The molecule has 0 aliphatic heterocycles. The molecule has 7 heteroatoms. The third kappa shape index (κ3) is 3.83. The molecule has 0 spiro atoms. The maximum atomic E-state index is 11.4. The van der Waals surface area contributed by atoms with Crippen molar-refractivity contribution < 1.29 is 9.53 Å². The summed E-state index contributed by atoms with van der Waals surface area (Å²) in [7, 11) is 3.15. The molecule has 1 aromatic heterocycles. The standard InChI is InChI=1S/C11H17BrN4O2/c1-4-5-16(7-9(17)13-2)11-14-6-8(12)10(15-11)18-3/h6H,4-5,7H2,1-3H3,(H,13,17). The Bertz CT molecular complexity index is 414. The number of anilines is 1. The van der Waals surface area contributed by atoms with Gasteiger partial charge in [0.2, 0.25) is 17.7 Å². The Morgan fingerprint density at radius 3 is 2.89 bits per heavy atom. The lowest BCUT2D eigenvalue weighted by Gasteiger charge is -2.21. The number of halogens is 1. The quantitative estimate of drug-likeness (QED) is 0.854. The zero-order valence-electron chi connectivity index (χ0n) is 10.7. The third-order valence-corrected chi connectivity index (χ3v) is 2.83. The first-order valence-corrected chi connectivity index (χ1v) is 6.43. The van der Waals surface area contributed by atoms with Crippen molar-refractivity contribution in [1.82, 2.24) is 15.3 Å². The van der Waals surface area contributed by atoms with E-state index in [-0.39, 0.29) is 12.5 Å². The van der Waals surface area contributed by atoms with Crippen LogP contribution < -0.4 is 15.0 Å². The van der Waals surface area contributed by atoms with Gasteiger partial charge in [-0.25, -0.2) is 4.98 Å². The van der Waals surface area contributed by atoms with Gasteiger partial charge >= 0.3 is 0 Å². The van der Waals surface area contributed by atoms with Gasteiger partial charge in [0, 0.05) is 13.6 Å². The van der Waals surface area contributed by atoms with Crippen molar-refractivity contribution >= 4 is 27.8 Å². The topological polar surface area (TPSA) is 67.4 Å². The van der Waals surface area contributed by atoms with Crippen LogP contribution in [0.25, 0.3) is 0 Å². The molecule has 0 unspecified atom stereocenters. The van der Waals surface area contributed by atoms with Gasteiger partial charge in [-0.2, -0.15) is 4.98 Å². The van der Waals surface area contributed by atoms with Crippen LogP contribution in [-0.2, 0) is 4.79 Å². The number of amides is 1. The number of nitrogens with one attached hydrogen (secondary N) is 1. The van der Waals surface area contributed by atoms with Gasteiger partial charge in [-0.3, -0.25) is 4.79 Å². The van der Waals surface area contributed by atoms with Gasteiger partial charge in [0.05, 0.1) is 24.3 Å². The lowest BCUT2D eigenvalue weighted by molar-refractivity contribution is -0.119. The fourth-order valence-electron chi connectivity index (χ4n) is 1.41. The van der Waals surface area contributed by atoms with Crippen LogP contribution in [0.4, 0.5) is 5.95 Å². The van der Waals surface area contributed by atoms with Crippen LogP contribution in [-0.4, -0.2) is 43.1 Å². The van der Waals surface area contributed by atoms with Crippen LogP contribution in [0, 0.1) is 0 Å². The van der Waals surface area contributed by atoms with Gasteiger partial charge in [-0.05, 0) is 22.4 Å². The minimum atomic E-state index is -0.0751. The minimum absolute atomic E-state index is 0.0751. The van der Waals surface area contributed by atoms with E-state index in [4.69, 9.17) is 4.74 Å². The lowest BCUT2D eigenvalue weighted by Crippen LogP contribution is -2.37. The molecule has 0 fully saturated rings. The smallest absolute Gasteiger partial charge is 0.239 e. The van der Waals surface area contributed by atoms with E-state index < -0.39 is 0 Å². The number of aromatic nitrogens is 2. The Labute approximate surface area is 115 Å². The molecule has 0 bridgehead atoms. The van der Waals surface area contributed by atoms with Crippen LogP contribution >= 0.6 is 15.9 Å². The molecule has 0 aliphatic rings. The molecule has 0 saturated heterocycles. The first-order chi connectivity index (χ1) is 8.62. The van der Waals surface area contributed by atoms with Crippen molar-refractivity contribution in [3.8, 4) is 5.88 Å². The molecule has 6 nitrogen and oxygen atoms in total. The molecular formula is C11H17BrN4O2. The summed E-state index contributed by atoms with van der Waals surface area (Å²) in [6.45, 7) is 2.97. The van der Waals surface area contributed by atoms with E-state index in [2.05, 4.69) is 31.2 Å². The number of nitrogens with zero attached hydrogens (tertiary/aromatic N) is 3. The maximum Gasteiger partial charge on any atom is 0.239 e. The average Bonchev–Trinajstić information content (AvgIpc) is 2.38.